The minimum Gasteiger partial charge on any atom is -0.368 e. The molecule has 0 radical (unpaired) electrons. The molecule has 2 aromatic carbocycles. The summed E-state index contributed by atoms with van der Waals surface area (Å²) in [5, 5.41) is 0.595. The number of nitrogens with zero attached hydrogens (tertiary/aromatic N) is 2. The molecule has 4 rings (SSSR count). The summed E-state index contributed by atoms with van der Waals surface area (Å²) in [4.78, 5) is 32.4. The van der Waals surface area contributed by atoms with Crippen molar-refractivity contribution in [1.29, 1.82) is 0 Å². The number of aryl methyl sites for hydroxylation is 2. The number of hydrogen-bond acceptors (Lipinski definition) is 3. The average molecular weight is 420 g/mol. The highest BCUT2D eigenvalue weighted by atomic mass is 35.5. The molecule has 0 fully saturated rings. The maximum absolute atomic E-state index is 13.8. The van der Waals surface area contributed by atoms with E-state index >= 15 is 0 Å². The second-order valence-corrected chi connectivity index (χ2v) is 7.93. The van der Waals surface area contributed by atoms with E-state index in [1.807, 2.05) is 61.5 Å². The van der Waals surface area contributed by atoms with Crippen molar-refractivity contribution in [2.24, 2.45) is 5.73 Å². The molecule has 6 heteroatoms. The smallest absolute Gasteiger partial charge is 0.274 e. The number of rotatable bonds is 5. The Labute approximate surface area is 180 Å². The fourth-order valence-electron chi connectivity index (χ4n) is 4.21. The minimum atomic E-state index is -0.921. The summed E-state index contributed by atoms with van der Waals surface area (Å²) in [6, 6.07) is 17.2. The van der Waals surface area contributed by atoms with Crippen LogP contribution in [-0.4, -0.2) is 21.7 Å². The van der Waals surface area contributed by atoms with Crippen molar-refractivity contribution in [2.75, 3.05) is 0 Å². The Morgan fingerprint density at radius 1 is 1.13 bits per heavy atom. The van der Waals surface area contributed by atoms with Gasteiger partial charge in [0.25, 0.3) is 5.91 Å². The Morgan fingerprint density at radius 3 is 2.60 bits per heavy atom. The molecule has 2 amide bonds. The number of halogens is 1. The van der Waals surface area contributed by atoms with Crippen molar-refractivity contribution in [3.8, 4) is 0 Å². The third-order valence-electron chi connectivity index (χ3n) is 5.60. The van der Waals surface area contributed by atoms with Crippen LogP contribution in [0.25, 0.3) is 0 Å². The summed E-state index contributed by atoms with van der Waals surface area (Å²) in [6.07, 6.45) is 3.06. The summed E-state index contributed by atoms with van der Waals surface area (Å²) >= 11 is 6.27. The van der Waals surface area contributed by atoms with Gasteiger partial charge in [-0.1, -0.05) is 54.1 Å². The van der Waals surface area contributed by atoms with Gasteiger partial charge in [-0.05, 0) is 60.2 Å². The van der Waals surface area contributed by atoms with Crippen LogP contribution in [0, 0.1) is 6.92 Å². The Bertz CT molecular complexity index is 1100. The van der Waals surface area contributed by atoms with Crippen molar-refractivity contribution in [1.82, 2.24) is 9.88 Å². The van der Waals surface area contributed by atoms with E-state index in [-0.39, 0.29) is 11.9 Å². The molecule has 3 aromatic rings. The zero-order valence-electron chi connectivity index (χ0n) is 16.6. The zero-order valence-corrected chi connectivity index (χ0v) is 17.3. The number of nitrogens with two attached hydrogens (primary N) is 1. The van der Waals surface area contributed by atoms with Crippen LogP contribution in [-0.2, 0) is 11.2 Å². The maximum Gasteiger partial charge on any atom is 0.274 e. The standard InChI is InChI=1S/C24H22ClN3O2/c1-15-6-5-13-27-21(15)24(30)28(22(23(26)29)17-7-3-2-4-8-17)20-12-10-16-9-11-18(25)14-19(16)20/h2-9,11,13-14,20,22H,10,12H2,1H3,(H2,26,29)/t20-,22?/m1/s1. The van der Waals surface area contributed by atoms with Crippen molar-refractivity contribution < 1.29 is 9.59 Å². The molecule has 1 aliphatic rings. The summed E-state index contributed by atoms with van der Waals surface area (Å²) < 4.78 is 0. The van der Waals surface area contributed by atoms with Crippen LogP contribution in [0.1, 0.15) is 51.2 Å². The Balaban J connectivity index is 1.88. The van der Waals surface area contributed by atoms with Gasteiger partial charge in [0.15, 0.2) is 0 Å². The molecule has 0 saturated carbocycles. The van der Waals surface area contributed by atoms with Gasteiger partial charge >= 0.3 is 0 Å². The monoisotopic (exact) mass is 419 g/mol. The van der Waals surface area contributed by atoms with Crippen LogP contribution in [0.4, 0.5) is 0 Å². The molecule has 0 saturated heterocycles. The van der Waals surface area contributed by atoms with Gasteiger partial charge in [0.05, 0.1) is 6.04 Å². The molecule has 152 valence electrons. The summed E-state index contributed by atoms with van der Waals surface area (Å²) in [5.41, 5.74) is 9.66. The van der Waals surface area contributed by atoms with E-state index in [9.17, 15) is 9.59 Å². The van der Waals surface area contributed by atoms with E-state index in [4.69, 9.17) is 17.3 Å². The number of carbonyl (C=O) groups is 2. The number of benzene rings is 2. The number of amides is 2. The van der Waals surface area contributed by atoms with Crippen molar-refractivity contribution in [3.05, 3.63) is 99.8 Å². The lowest BCUT2D eigenvalue weighted by atomic mass is 9.98. The van der Waals surface area contributed by atoms with Crippen molar-refractivity contribution >= 4 is 23.4 Å². The molecule has 1 aromatic heterocycles. The van der Waals surface area contributed by atoms with Crippen LogP contribution in [0.2, 0.25) is 5.02 Å². The largest absolute Gasteiger partial charge is 0.368 e. The Morgan fingerprint density at radius 2 is 1.90 bits per heavy atom. The topological polar surface area (TPSA) is 76.3 Å². The van der Waals surface area contributed by atoms with E-state index in [1.54, 1.807) is 17.2 Å². The van der Waals surface area contributed by atoms with E-state index < -0.39 is 11.9 Å². The molecular weight excluding hydrogens is 398 g/mol. The van der Waals surface area contributed by atoms with Gasteiger partial charge in [-0.3, -0.25) is 14.6 Å². The number of hydrogen-bond donors (Lipinski definition) is 1. The number of primary amides is 1. The molecule has 5 nitrogen and oxygen atoms in total. The van der Waals surface area contributed by atoms with Crippen LogP contribution < -0.4 is 5.73 Å². The molecular formula is C24H22ClN3O2. The third-order valence-corrected chi connectivity index (χ3v) is 5.83. The third kappa shape index (κ3) is 3.68. The van der Waals surface area contributed by atoms with Gasteiger partial charge in [0.1, 0.15) is 11.7 Å². The molecule has 0 aliphatic heterocycles. The van der Waals surface area contributed by atoms with Gasteiger partial charge in [-0.15, -0.1) is 0 Å². The molecule has 2 atom stereocenters. The van der Waals surface area contributed by atoms with Crippen LogP contribution in [0.5, 0.6) is 0 Å². The predicted octanol–water partition coefficient (Wildman–Crippen LogP) is 4.40. The maximum atomic E-state index is 13.8. The second kappa shape index (κ2) is 8.28. The highest BCUT2D eigenvalue weighted by molar-refractivity contribution is 6.30. The van der Waals surface area contributed by atoms with Crippen molar-refractivity contribution in [3.63, 3.8) is 0 Å². The first-order chi connectivity index (χ1) is 14.5. The number of fused-ring (bicyclic) bond motifs is 1. The highest BCUT2D eigenvalue weighted by Gasteiger charge is 2.40. The summed E-state index contributed by atoms with van der Waals surface area (Å²) in [7, 11) is 0. The lowest BCUT2D eigenvalue weighted by Gasteiger charge is -2.35. The molecule has 0 spiro atoms. The number of aromatic nitrogens is 1. The molecule has 1 aliphatic carbocycles. The summed E-state index contributed by atoms with van der Waals surface area (Å²) in [6.45, 7) is 1.83. The second-order valence-electron chi connectivity index (χ2n) is 7.49. The van der Waals surface area contributed by atoms with E-state index in [0.717, 1.165) is 23.1 Å². The minimum absolute atomic E-state index is 0.315. The zero-order chi connectivity index (χ0) is 21.3. The van der Waals surface area contributed by atoms with Gasteiger partial charge in [0, 0.05) is 11.2 Å². The Kier molecular flexibility index (Phi) is 5.55. The van der Waals surface area contributed by atoms with Crippen LogP contribution in [0.15, 0.2) is 66.9 Å². The van der Waals surface area contributed by atoms with E-state index in [1.165, 1.54) is 0 Å². The molecule has 0 bridgehead atoms. The van der Waals surface area contributed by atoms with Crippen molar-refractivity contribution in [2.45, 2.75) is 31.8 Å². The molecule has 2 N–H and O–H groups in total. The lowest BCUT2D eigenvalue weighted by molar-refractivity contribution is -0.123. The van der Waals surface area contributed by atoms with Gasteiger partial charge in [-0.2, -0.15) is 0 Å². The molecule has 1 unspecified atom stereocenters. The first-order valence-corrected chi connectivity index (χ1v) is 10.2. The van der Waals surface area contributed by atoms with Crippen LogP contribution >= 0.6 is 11.6 Å². The predicted molar refractivity (Wildman–Crippen MR) is 116 cm³/mol. The van der Waals surface area contributed by atoms with Gasteiger partial charge in [-0.25, -0.2) is 0 Å². The van der Waals surface area contributed by atoms with E-state index in [0.29, 0.717) is 22.7 Å². The van der Waals surface area contributed by atoms with Gasteiger partial charge in [0.2, 0.25) is 5.91 Å². The van der Waals surface area contributed by atoms with Crippen LogP contribution in [0.3, 0.4) is 0 Å². The molecule has 1 heterocycles. The van der Waals surface area contributed by atoms with E-state index in [2.05, 4.69) is 4.98 Å². The number of pyridine rings is 1. The number of carbonyl (C=O) groups excluding carboxylic acids is 2. The quantitative estimate of drug-likeness (QED) is 0.665. The Hall–Kier alpha value is -3.18. The van der Waals surface area contributed by atoms with Gasteiger partial charge < -0.3 is 10.6 Å². The normalized spacial score (nSPS) is 16.0. The SMILES string of the molecule is Cc1cccnc1C(=O)N(C(C(N)=O)c1ccccc1)[C@@H]1CCc2ccc(Cl)cc21. The highest BCUT2D eigenvalue weighted by Crippen LogP contribution is 2.42. The first kappa shape index (κ1) is 20.1. The summed E-state index contributed by atoms with van der Waals surface area (Å²) in [5.74, 6) is -0.905. The average Bonchev–Trinajstić information content (AvgIpc) is 3.14. The fourth-order valence-corrected chi connectivity index (χ4v) is 4.39. The first-order valence-electron chi connectivity index (χ1n) is 9.84. The molecule has 30 heavy (non-hydrogen) atoms. The fraction of sp³-hybridized carbons (Fsp3) is 0.208. The lowest BCUT2D eigenvalue weighted by Crippen LogP contribution is -2.44.